The van der Waals surface area contributed by atoms with Gasteiger partial charge in [-0.05, 0) is 43.9 Å². The molecule has 4 heteroatoms. The number of rotatable bonds is 4. The first-order valence-electron chi connectivity index (χ1n) is 6.55. The smallest absolute Gasteiger partial charge is 0.0531 e. The number of hydrogen-bond acceptors (Lipinski definition) is 3. The molecule has 0 aliphatic carbocycles. The van der Waals surface area contributed by atoms with E-state index in [1.54, 1.807) is 0 Å². The monoisotopic (exact) mass is 312 g/mol. The van der Waals surface area contributed by atoms with Gasteiger partial charge in [-0.2, -0.15) is 0 Å². The van der Waals surface area contributed by atoms with Gasteiger partial charge in [-0.1, -0.05) is 22.0 Å². The van der Waals surface area contributed by atoms with Crippen LogP contribution in [0.2, 0.25) is 0 Å². The molecule has 0 aromatic heterocycles. The minimum Gasteiger partial charge on any atom is -0.393 e. The summed E-state index contributed by atoms with van der Waals surface area (Å²) in [5, 5.41) is 9.56. The minimum absolute atomic E-state index is 0.234. The predicted octanol–water partition coefficient (Wildman–Crippen LogP) is 2.65. The maximum Gasteiger partial charge on any atom is 0.0531 e. The van der Waals surface area contributed by atoms with Gasteiger partial charge >= 0.3 is 0 Å². The SMILES string of the molecule is CC(O)CC1CCCN1c1ccc(CN)c(Br)c1. The van der Waals surface area contributed by atoms with Crippen LogP contribution in [0.15, 0.2) is 22.7 Å². The molecule has 0 amide bonds. The van der Waals surface area contributed by atoms with E-state index in [0.717, 1.165) is 23.0 Å². The maximum absolute atomic E-state index is 9.56. The number of anilines is 1. The van der Waals surface area contributed by atoms with E-state index in [9.17, 15) is 5.11 Å². The van der Waals surface area contributed by atoms with E-state index < -0.39 is 0 Å². The summed E-state index contributed by atoms with van der Waals surface area (Å²) in [5.41, 5.74) is 8.02. The molecule has 0 saturated carbocycles. The van der Waals surface area contributed by atoms with Crippen molar-refractivity contribution < 1.29 is 5.11 Å². The topological polar surface area (TPSA) is 49.5 Å². The van der Waals surface area contributed by atoms with Crippen LogP contribution in [0, 0.1) is 0 Å². The van der Waals surface area contributed by atoms with Crippen molar-refractivity contribution in [1.29, 1.82) is 0 Å². The van der Waals surface area contributed by atoms with E-state index in [4.69, 9.17) is 5.73 Å². The van der Waals surface area contributed by atoms with Crippen molar-refractivity contribution in [3.63, 3.8) is 0 Å². The highest BCUT2D eigenvalue weighted by atomic mass is 79.9. The van der Waals surface area contributed by atoms with Gasteiger partial charge < -0.3 is 15.7 Å². The molecular weight excluding hydrogens is 292 g/mol. The van der Waals surface area contributed by atoms with E-state index in [-0.39, 0.29) is 6.10 Å². The lowest BCUT2D eigenvalue weighted by Crippen LogP contribution is -2.31. The lowest BCUT2D eigenvalue weighted by molar-refractivity contribution is 0.175. The first-order chi connectivity index (χ1) is 8.61. The van der Waals surface area contributed by atoms with Crippen LogP contribution < -0.4 is 10.6 Å². The van der Waals surface area contributed by atoms with Crippen molar-refractivity contribution in [2.24, 2.45) is 5.73 Å². The highest BCUT2D eigenvalue weighted by Gasteiger charge is 2.26. The lowest BCUT2D eigenvalue weighted by Gasteiger charge is -2.28. The summed E-state index contributed by atoms with van der Waals surface area (Å²) in [6.45, 7) is 3.49. The molecule has 100 valence electrons. The molecule has 0 radical (unpaired) electrons. The summed E-state index contributed by atoms with van der Waals surface area (Å²) in [4.78, 5) is 2.40. The van der Waals surface area contributed by atoms with Crippen molar-refractivity contribution >= 4 is 21.6 Å². The third-order valence-electron chi connectivity index (χ3n) is 3.58. The fourth-order valence-corrected chi connectivity index (χ4v) is 3.22. The van der Waals surface area contributed by atoms with Crippen LogP contribution in [-0.4, -0.2) is 23.8 Å². The molecule has 2 atom stereocenters. The summed E-state index contributed by atoms with van der Waals surface area (Å²) in [6, 6.07) is 6.81. The quantitative estimate of drug-likeness (QED) is 0.898. The Morgan fingerprint density at radius 2 is 2.33 bits per heavy atom. The zero-order valence-electron chi connectivity index (χ0n) is 10.8. The molecule has 1 aromatic rings. The van der Waals surface area contributed by atoms with Crippen molar-refractivity contribution in [3.05, 3.63) is 28.2 Å². The molecule has 2 unspecified atom stereocenters. The van der Waals surface area contributed by atoms with Gasteiger partial charge in [-0.25, -0.2) is 0 Å². The van der Waals surface area contributed by atoms with Gasteiger partial charge in [0.1, 0.15) is 0 Å². The van der Waals surface area contributed by atoms with E-state index in [0.29, 0.717) is 12.6 Å². The average Bonchev–Trinajstić information content (AvgIpc) is 2.76. The molecule has 1 aromatic carbocycles. The van der Waals surface area contributed by atoms with Crippen LogP contribution in [0.4, 0.5) is 5.69 Å². The molecule has 2 rings (SSSR count). The van der Waals surface area contributed by atoms with E-state index in [1.807, 2.05) is 6.92 Å². The van der Waals surface area contributed by atoms with Crippen LogP contribution in [0.3, 0.4) is 0 Å². The van der Waals surface area contributed by atoms with Gasteiger partial charge in [0.15, 0.2) is 0 Å². The molecular formula is C14H21BrN2O. The zero-order chi connectivity index (χ0) is 13.1. The lowest BCUT2D eigenvalue weighted by atomic mass is 10.1. The second-order valence-electron chi connectivity index (χ2n) is 5.05. The van der Waals surface area contributed by atoms with Crippen LogP contribution in [-0.2, 0) is 6.54 Å². The average molecular weight is 313 g/mol. The first kappa shape index (κ1) is 13.8. The zero-order valence-corrected chi connectivity index (χ0v) is 12.4. The normalized spacial score (nSPS) is 21.3. The number of halogens is 1. The number of nitrogens with zero attached hydrogens (tertiary/aromatic N) is 1. The highest BCUT2D eigenvalue weighted by molar-refractivity contribution is 9.10. The number of benzene rings is 1. The Kier molecular flexibility index (Phi) is 4.65. The molecule has 3 N–H and O–H groups in total. The van der Waals surface area contributed by atoms with Crippen LogP contribution in [0.25, 0.3) is 0 Å². The Hall–Kier alpha value is -0.580. The molecule has 1 saturated heterocycles. The molecule has 1 fully saturated rings. The fourth-order valence-electron chi connectivity index (χ4n) is 2.69. The maximum atomic E-state index is 9.56. The van der Waals surface area contributed by atoms with Gasteiger partial charge in [-0.3, -0.25) is 0 Å². The van der Waals surface area contributed by atoms with Crippen molar-refractivity contribution in [2.45, 2.75) is 44.9 Å². The number of nitrogens with two attached hydrogens (primary N) is 1. The van der Waals surface area contributed by atoms with Gasteiger partial charge in [0.05, 0.1) is 6.10 Å². The molecule has 18 heavy (non-hydrogen) atoms. The predicted molar refractivity (Wildman–Crippen MR) is 78.7 cm³/mol. The van der Waals surface area contributed by atoms with Crippen LogP contribution in [0.5, 0.6) is 0 Å². The molecule has 0 spiro atoms. The Bertz CT molecular complexity index is 409. The Morgan fingerprint density at radius 1 is 1.56 bits per heavy atom. The largest absolute Gasteiger partial charge is 0.393 e. The van der Waals surface area contributed by atoms with Crippen molar-refractivity contribution in [2.75, 3.05) is 11.4 Å². The summed E-state index contributed by atoms with van der Waals surface area (Å²) >= 11 is 3.57. The molecule has 1 aliphatic heterocycles. The summed E-state index contributed by atoms with van der Waals surface area (Å²) in [5.74, 6) is 0. The van der Waals surface area contributed by atoms with E-state index in [2.05, 4.69) is 39.0 Å². The summed E-state index contributed by atoms with van der Waals surface area (Å²) in [6.07, 6.45) is 2.98. The second-order valence-corrected chi connectivity index (χ2v) is 5.91. The Morgan fingerprint density at radius 3 is 2.94 bits per heavy atom. The van der Waals surface area contributed by atoms with E-state index >= 15 is 0 Å². The fraction of sp³-hybridized carbons (Fsp3) is 0.571. The number of aliphatic hydroxyl groups is 1. The third kappa shape index (κ3) is 3.05. The van der Waals surface area contributed by atoms with Crippen molar-refractivity contribution in [1.82, 2.24) is 0 Å². The first-order valence-corrected chi connectivity index (χ1v) is 7.34. The number of hydrogen-bond donors (Lipinski definition) is 2. The van der Waals surface area contributed by atoms with Gasteiger partial charge in [0, 0.05) is 29.3 Å². The van der Waals surface area contributed by atoms with Gasteiger partial charge in [-0.15, -0.1) is 0 Å². The van der Waals surface area contributed by atoms with E-state index in [1.165, 1.54) is 18.5 Å². The van der Waals surface area contributed by atoms with Gasteiger partial charge in [0.25, 0.3) is 0 Å². The molecule has 1 aliphatic rings. The number of aliphatic hydroxyl groups excluding tert-OH is 1. The Labute approximate surface area is 117 Å². The minimum atomic E-state index is -0.234. The van der Waals surface area contributed by atoms with Gasteiger partial charge in [0.2, 0.25) is 0 Å². The molecule has 3 nitrogen and oxygen atoms in total. The molecule has 0 bridgehead atoms. The summed E-state index contributed by atoms with van der Waals surface area (Å²) in [7, 11) is 0. The summed E-state index contributed by atoms with van der Waals surface area (Å²) < 4.78 is 1.07. The standard InChI is InChI=1S/C14H21BrN2O/c1-10(18)7-12-3-2-6-17(12)13-5-4-11(9-16)14(15)8-13/h4-5,8,10,12,18H,2-3,6-7,9,16H2,1H3. The molecule has 1 heterocycles. The second kappa shape index (κ2) is 6.04. The third-order valence-corrected chi connectivity index (χ3v) is 4.32. The van der Waals surface area contributed by atoms with Crippen LogP contribution in [0.1, 0.15) is 31.7 Å². The highest BCUT2D eigenvalue weighted by Crippen LogP contribution is 2.31. The van der Waals surface area contributed by atoms with Crippen molar-refractivity contribution in [3.8, 4) is 0 Å². The van der Waals surface area contributed by atoms with Crippen LogP contribution >= 0.6 is 15.9 Å². The Balaban J connectivity index is 2.17.